The normalized spacial score (nSPS) is 24.2. The van der Waals surface area contributed by atoms with Crippen molar-refractivity contribution in [3.05, 3.63) is 29.8 Å². The molecule has 2 aliphatic rings. The number of ether oxygens (including phenoxy) is 1. The molecule has 4 nitrogen and oxygen atoms in total. The van der Waals surface area contributed by atoms with Crippen molar-refractivity contribution in [2.24, 2.45) is 0 Å². The van der Waals surface area contributed by atoms with E-state index >= 15 is 0 Å². The molecule has 1 amide bonds. The Balaban J connectivity index is 1.63. The lowest BCUT2D eigenvalue weighted by molar-refractivity contribution is -0.138. The van der Waals surface area contributed by atoms with Crippen LogP contribution >= 0.6 is 0 Å². The van der Waals surface area contributed by atoms with Crippen molar-refractivity contribution in [3.63, 3.8) is 0 Å². The van der Waals surface area contributed by atoms with Crippen LogP contribution in [0.3, 0.4) is 0 Å². The van der Waals surface area contributed by atoms with Gasteiger partial charge in [-0.1, -0.05) is 18.2 Å². The Morgan fingerprint density at radius 1 is 1.45 bits per heavy atom. The van der Waals surface area contributed by atoms with Gasteiger partial charge in [-0.3, -0.25) is 4.79 Å². The zero-order valence-corrected chi connectivity index (χ0v) is 12.0. The number of carbonyl (C=O) groups is 1. The highest BCUT2D eigenvalue weighted by molar-refractivity contribution is 5.82. The second-order valence-electron chi connectivity index (χ2n) is 5.59. The Kier molecular flexibility index (Phi) is 3.92. The summed E-state index contributed by atoms with van der Waals surface area (Å²) in [6.45, 7) is 4.65. The van der Waals surface area contributed by atoms with Crippen LogP contribution < -0.4 is 10.1 Å². The lowest BCUT2D eigenvalue weighted by Crippen LogP contribution is -2.46. The highest BCUT2D eigenvalue weighted by atomic mass is 16.5. The smallest absolute Gasteiger partial charge is 0.264 e. The van der Waals surface area contributed by atoms with Gasteiger partial charge in [-0.15, -0.1) is 0 Å². The summed E-state index contributed by atoms with van der Waals surface area (Å²) in [4.78, 5) is 14.5. The number of fused-ring (bicyclic) bond motifs is 1. The zero-order chi connectivity index (χ0) is 13.9. The first kappa shape index (κ1) is 13.4. The van der Waals surface area contributed by atoms with Crippen LogP contribution in [0.1, 0.15) is 25.3 Å². The number of carbonyl (C=O) groups excluding carboxylic acids is 1. The molecule has 1 N–H and O–H groups in total. The van der Waals surface area contributed by atoms with Gasteiger partial charge >= 0.3 is 0 Å². The maximum absolute atomic E-state index is 12.6. The Morgan fingerprint density at radius 2 is 2.30 bits per heavy atom. The predicted octanol–water partition coefficient (Wildman–Crippen LogP) is 1.59. The second kappa shape index (κ2) is 5.83. The number of nitrogens with zero attached hydrogens (tertiary/aromatic N) is 1. The van der Waals surface area contributed by atoms with Crippen LogP contribution in [0.15, 0.2) is 24.3 Å². The second-order valence-corrected chi connectivity index (χ2v) is 5.59. The van der Waals surface area contributed by atoms with Crippen LogP contribution in [0, 0.1) is 0 Å². The number of hydrogen-bond acceptors (Lipinski definition) is 3. The fraction of sp³-hybridized carbons (Fsp3) is 0.562. The standard InChI is InChI=1S/C16H22N2O2/c1-2-18(11-13-7-5-9-17-13)16(19)15-10-12-6-3-4-8-14(12)20-15/h3-4,6,8,13,15,17H,2,5,7,9-11H2,1H3. The van der Waals surface area contributed by atoms with Gasteiger partial charge in [0.2, 0.25) is 0 Å². The highest BCUT2D eigenvalue weighted by Gasteiger charge is 2.32. The summed E-state index contributed by atoms with van der Waals surface area (Å²) in [6, 6.07) is 8.37. The van der Waals surface area contributed by atoms with Gasteiger partial charge in [0.25, 0.3) is 5.91 Å². The Bertz CT molecular complexity index is 458. The monoisotopic (exact) mass is 274 g/mol. The van der Waals surface area contributed by atoms with Gasteiger partial charge in [-0.25, -0.2) is 0 Å². The number of benzene rings is 1. The molecule has 0 aromatic heterocycles. The summed E-state index contributed by atoms with van der Waals surface area (Å²) < 4.78 is 5.80. The SMILES string of the molecule is CCN(CC1CCCN1)C(=O)C1Cc2ccccc2O1. The van der Waals surface area contributed by atoms with E-state index in [2.05, 4.69) is 5.32 Å². The van der Waals surface area contributed by atoms with E-state index in [9.17, 15) is 4.79 Å². The van der Waals surface area contributed by atoms with Crippen LogP contribution in [-0.2, 0) is 11.2 Å². The predicted molar refractivity (Wildman–Crippen MR) is 77.8 cm³/mol. The molecule has 0 saturated carbocycles. The molecule has 0 bridgehead atoms. The molecule has 4 heteroatoms. The van der Waals surface area contributed by atoms with Gasteiger partial charge in [0.05, 0.1) is 0 Å². The van der Waals surface area contributed by atoms with E-state index < -0.39 is 0 Å². The van der Waals surface area contributed by atoms with Gasteiger partial charge in [0.1, 0.15) is 5.75 Å². The average Bonchev–Trinajstić information content (AvgIpc) is 3.12. The van der Waals surface area contributed by atoms with Crippen molar-refractivity contribution in [3.8, 4) is 5.75 Å². The largest absolute Gasteiger partial charge is 0.480 e. The molecule has 0 spiro atoms. The summed E-state index contributed by atoms with van der Waals surface area (Å²) in [7, 11) is 0. The maximum Gasteiger partial charge on any atom is 0.264 e. The summed E-state index contributed by atoms with van der Waals surface area (Å²) in [6.07, 6.45) is 2.73. The topological polar surface area (TPSA) is 41.6 Å². The first-order valence-corrected chi connectivity index (χ1v) is 7.54. The van der Waals surface area contributed by atoms with Gasteiger partial charge in [-0.2, -0.15) is 0 Å². The fourth-order valence-corrected chi connectivity index (χ4v) is 3.08. The lowest BCUT2D eigenvalue weighted by Gasteiger charge is -2.26. The number of likely N-dealkylation sites (N-methyl/N-ethyl adjacent to an activating group) is 1. The minimum Gasteiger partial charge on any atom is -0.480 e. The first-order chi connectivity index (χ1) is 9.78. The van der Waals surface area contributed by atoms with E-state index in [0.717, 1.165) is 37.4 Å². The molecule has 2 heterocycles. The van der Waals surface area contributed by atoms with Gasteiger partial charge in [0, 0.05) is 25.6 Å². The van der Waals surface area contributed by atoms with Gasteiger partial charge in [-0.05, 0) is 37.9 Å². The van der Waals surface area contributed by atoms with Crippen LogP contribution in [0.2, 0.25) is 0 Å². The maximum atomic E-state index is 12.6. The third-order valence-electron chi connectivity index (χ3n) is 4.22. The molecular weight excluding hydrogens is 252 g/mol. The molecule has 2 unspecified atom stereocenters. The quantitative estimate of drug-likeness (QED) is 0.906. The highest BCUT2D eigenvalue weighted by Crippen LogP contribution is 2.29. The van der Waals surface area contributed by atoms with Crippen molar-refractivity contribution < 1.29 is 9.53 Å². The minimum absolute atomic E-state index is 0.123. The van der Waals surface area contributed by atoms with Gasteiger partial charge < -0.3 is 15.0 Å². The summed E-state index contributed by atoms with van der Waals surface area (Å²) in [5, 5.41) is 3.45. The summed E-state index contributed by atoms with van der Waals surface area (Å²) >= 11 is 0. The molecule has 20 heavy (non-hydrogen) atoms. The van der Waals surface area contributed by atoms with Crippen LogP contribution in [0.4, 0.5) is 0 Å². The van der Waals surface area contributed by atoms with Crippen LogP contribution in [0.25, 0.3) is 0 Å². The number of hydrogen-bond donors (Lipinski definition) is 1. The third-order valence-corrected chi connectivity index (χ3v) is 4.22. The molecule has 1 aromatic rings. The zero-order valence-electron chi connectivity index (χ0n) is 12.0. The summed E-state index contributed by atoms with van der Waals surface area (Å²) in [5.74, 6) is 0.985. The number of nitrogens with one attached hydrogen (secondary N) is 1. The van der Waals surface area contributed by atoms with E-state index in [4.69, 9.17) is 4.74 Å². The van der Waals surface area contributed by atoms with E-state index in [-0.39, 0.29) is 12.0 Å². The average molecular weight is 274 g/mol. The summed E-state index contributed by atoms with van der Waals surface area (Å²) in [5.41, 5.74) is 1.14. The van der Waals surface area contributed by atoms with Crippen LogP contribution in [-0.4, -0.2) is 42.6 Å². The first-order valence-electron chi connectivity index (χ1n) is 7.54. The third kappa shape index (κ3) is 2.66. The fourth-order valence-electron chi connectivity index (χ4n) is 3.08. The number of para-hydroxylation sites is 1. The van der Waals surface area contributed by atoms with E-state index in [1.165, 1.54) is 6.42 Å². The minimum atomic E-state index is -0.339. The Hall–Kier alpha value is -1.55. The molecule has 3 rings (SSSR count). The Morgan fingerprint density at radius 3 is 3.00 bits per heavy atom. The molecule has 1 aromatic carbocycles. The van der Waals surface area contributed by atoms with E-state index in [1.807, 2.05) is 36.1 Å². The molecule has 108 valence electrons. The number of rotatable bonds is 4. The van der Waals surface area contributed by atoms with E-state index in [0.29, 0.717) is 12.5 Å². The molecule has 2 atom stereocenters. The molecule has 0 aliphatic carbocycles. The van der Waals surface area contributed by atoms with Crippen molar-refractivity contribution >= 4 is 5.91 Å². The molecule has 0 radical (unpaired) electrons. The van der Waals surface area contributed by atoms with Crippen LogP contribution in [0.5, 0.6) is 5.75 Å². The van der Waals surface area contributed by atoms with Crippen molar-refractivity contribution in [1.82, 2.24) is 10.2 Å². The van der Waals surface area contributed by atoms with E-state index in [1.54, 1.807) is 0 Å². The number of amides is 1. The Labute approximate surface area is 120 Å². The van der Waals surface area contributed by atoms with Crippen molar-refractivity contribution in [2.75, 3.05) is 19.6 Å². The van der Waals surface area contributed by atoms with Crippen molar-refractivity contribution in [2.45, 2.75) is 38.3 Å². The molecule has 1 fully saturated rings. The van der Waals surface area contributed by atoms with Crippen molar-refractivity contribution in [1.29, 1.82) is 0 Å². The van der Waals surface area contributed by atoms with Gasteiger partial charge in [0.15, 0.2) is 6.10 Å². The molecule has 2 aliphatic heterocycles. The lowest BCUT2D eigenvalue weighted by atomic mass is 10.1. The molecular formula is C16H22N2O2. The molecule has 1 saturated heterocycles.